The van der Waals surface area contributed by atoms with Gasteiger partial charge in [-0.05, 0) is 42.8 Å². The number of oxazole rings is 1. The number of benzene rings is 2. The van der Waals surface area contributed by atoms with Crippen molar-refractivity contribution in [2.75, 3.05) is 20.2 Å². The molecule has 152 valence electrons. The highest BCUT2D eigenvalue weighted by Crippen LogP contribution is 2.32. The van der Waals surface area contributed by atoms with Gasteiger partial charge in [0.15, 0.2) is 11.5 Å². The van der Waals surface area contributed by atoms with Crippen LogP contribution in [0.3, 0.4) is 0 Å². The number of ether oxygens (including phenoxy) is 1. The first-order chi connectivity index (χ1) is 13.8. The average molecular weight is 404 g/mol. The van der Waals surface area contributed by atoms with E-state index in [1.807, 2.05) is 0 Å². The van der Waals surface area contributed by atoms with Gasteiger partial charge >= 0.3 is 12.1 Å². The predicted molar refractivity (Wildman–Crippen MR) is 99.4 cm³/mol. The quantitative estimate of drug-likeness (QED) is 0.594. The molecular weight excluding hydrogens is 385 g/mol. The third kappa shape index (κ3) is 3.98. The molecule has 0 saturated carbocycles. The van der Waals surface area contributed by atoms with Gasteiger partial charge in [0, 0.05) is 19.0 Å². The van der Waals surface area contributed by atoms with Gasteiger partial charge in [0.25, 0.3) is 0 Å². The van der Waals surface area contributed by atoms with Crippen LogP contribution in [0.4, 0.5) is 13.2 Å². The summed E-state index contributed by atoms with van der Waals surface area (Å²) in [4.78, 5) is 18.6. The topological polar surface area (TPSA) is 55.6 Å². The van der Waals surface area contributed by atoms with Crippen molar-refractivity contribution in [1.82, 2.24) is 9.88 Å². The Balaban J connectivity index is 1.47. The summed E-state index contributed by atoms with van der Waals surface area (Å²) in [6.07, 6.45) is -3.51. The molecule has 4 rings (SSSR count). The van der Waals surface area contributed by atoms with Gasteiger partial charge in [-0.25, -0.2) is 9.78 Å². The third-order valence-corrected chi connectivity index (χ3v) is 5.15. The van der Waals surface area contributed by atoms with E-state index in [-0.39, 0.29) is 5.92 Å². The van der Waals surface area contributed by atoms with E-state index in [1.165, 1.54) is 19.2 Å². The molecule has 0 N–H and O–H groups in total. The number of carbonyl (C=O) groups excluding carboxylic acids is 1. The van der Waals surface area contributed by atoms with Crippen molar-refractivity contribution in [3.05, 3.63) is 65.0 Å². The Morgan fingerprint density at radius 2 is 2.00 bits per heavy atom. The zero-order valence-electron chi connectivity index (χ0n) is 15.7. The lowest BCUT2D eigenvalue weighted by Gasteiger charge is -2.16. The highest BCUT2D eigenvalue weighted by Gasteiger charge is 2.31. The molecule has 0 spiro atoms. The van der Waals surface area contributed by atoms with Crippen LogP contribution in [0, 0.1) is 0 Å². The molecule has 0 amide bonds. The van der Waals surface area contributed by atoms with Crippen LogP contribution >= 0.6 is 0 Å². The molecule has 8 heteroatoms. The summed E-state index contributed by atoms with van der Waals surface area (Å²) in [6.45, 7) is 2.03. The lowest BCUT2D eigenvalue weighted by atomic mass is 10.1. The fraction of sp³-hybridized carbons (Fsp3) is 0.333. The van der Waals surface area contributed by atoms with Gasteiger partial charge in [0.05, 0.1) is 12.7 Å². The van der Waals surface area contributed by atoms with Crippen LogP contribution < -0.4 is 0 Å². The van der Waals surface area contributed by atoms with E-state index in [0.717, 1.165) is 30.7 Å². The summed E-state index contributed by atoms with van der Waals surface area (Å²) < 4.78 is 48.8. The molecule has 1 saturated heterocycles. The highest BCUT2D eigenvalue weighted by molar-refractivity contribution is 6.00. The van der Waals surface area contributed by atoms with Gasteiger partial charge in [0.2, 0.25) is 0 Å². The molecule has 29 heavy (non-hydrogen) atoms. The number of para-hydroxylation sites is 1. The van der Waals surface area contributed by atoms with Crippen molar-refractivity contribution < 1.29 is 27.1 Å². The minimum absolute atomic E-state index is 0.0577. The second-order valence-corrected chi connectivity index (χ2v) is 7.11. The molecule has 1 aliphatic rings. The zero-order chi connectivity index (χ0) is 20.6. The van der Waals surface area contributed by atoms with Crippen molar-refractivity contribution >= 4 is 17.1 Å². The van der Waals surface area contributed by atoms with E-state index in [9.17, 15) is 18.0 Å². The van der Waals surface area contributed by atoms with Gasteiger partial charge in [0.1, 0.15) is 11.1 Å². The monoisotopic (exact) mass is 404 g/mol. The Bertz CT molecular complexity index is 1030. The van der Waals surface area contributed by atoms with E-state index in [2.05, 4.69) is 9.88 Å². The maximum Gasteiger partial charge on any atom is 0.416 e. The van der Waals surface area contributed by atoms with E-state index in [0.29, 0.717) is 35.6 Å². The maximum atomic E-state index is 12.7. The second kappa shape index (κ2) is 7.51. The van der Waals surface area contributed by atoms with Crippen LogP contribution in [0.5, 0.6) is 0 Å². The largest absolute Gasteiger partial charge is 0.465 e. The summed E-state index contributed by atoms with van der Waals surface area (Å²) in [7, 11) is 1.31. The van der Waals surface area contributed by atoms with Crippen LogP contribution in [0.15, 0.2) is 46.9 Å². The van der Waals surface area contributed by atoms with Crippen LogP contribution in [0.2, 0.25) is 0 Å². The Hall–Kier alpha value is -2.87. The summed E-state index contributed by atoms with van der Waals surface area (Å²) in [6, 6.07) is 10.4. The van der Waals surface area contributed by atoms with E-state index in [4.69, 9.17) is 9.15 Å². The van der Waals surface area contributed by atoms with Crippen molar-refractivity contribution in [2.45, 2.75) is 25.1 Å². The number of fused-ring (bicyclic) bond motifs is 1. The third-order valence-electron chi connectivity index (χ3n) is 5.15. The first-order valence-electron chi connectivity index (χ1n) is 9.21. The zero-order valence-corrected chi connectivity index (χ0v) is 15.7. The smallest absolute Gasteiger partial charge is 0.416 e. The van der Waals surface area contributed by atoms with Crippen molar-refractivity contribution in [1.29, 1.82) is 0 Å². The molecule has 5 nitrogen and oxygen atoms in total. The molecule has 3 aromatic rings. The number of halogens is 3. The lowest BCUT2D eigenvalue weighted by Crippen LogP contribution is -2.20. The second-order valence-electron chi connectivity index (χ2n) is 7.11. The molecule has 1 aliphatic heterocycles. The molecule has 0 unspecified atom stereocenters. The summed E-state index contributed by atoms with van der Waals surface area (Å²) in [5.74, 6) is 0.141. The molecule has 0 bridgehead atoms. The molecule has 1 atom stereocenters. The van der Waals surface area contributed by atoms with Crippen LogP contribution in [0.1, 0.15) is 39.7 Å². The first kappa shape index (κ1) is 19.4. The summed E-state index contributed by atoms with van der Waals surface area (Å²) in [5.41, 5.74) is 1.53. The fourth-order valence-electron chi connectivity index (χ4n) is 3.65. The highest BCUT2D eigenvalue weighted by atomic mass is 19.4. The van der Waals surface area contributed by atoms with Crippen molar-refractivity contribution in [3.8, 4) is 0 Å². The Morgan fingerprint density at radius 1 is 1.24 bits per heavy atom. The summed E-state index contributed by atoms with van der Waals surface area (Å²) in [5, 5.41) is 0. The van der Waals surface area contributed by atoms with Crippen LogP contribution in [-0.2, 0) is 17.5 Å². The van der Waals surface area contributed by atoms with Gasteiger partial charge in [-0.2, -0.15) is 13.2 Å². The minimum atomic E-state index is -4.33. The van der Waals surface area contributed by atoms with Gasteiger partial charge in [-0.3, -0.25) is 4.90 Å². The number of hydrogen-bond donors (Lipinski definition) is 0. The van der Waals surface area contributed by atoms with E-state index in [1.54, 1.807) is 18.2 Å². The normalized spacial score (nSPS) is 17.7. The number of carbonyl (C=O) groups is 1. The number of esters is 1. The fourth-order valence-corrected chi connectivity index (χ4v) is 3.65. The molecule has 1 aromatic heterocycles. The van der Waals surface area contributed by atoms with Crippen LogP contribution in [0.25, 0.3) is 11.1 Å². The Morgan fingerprint density at radius 3 is 2.69 bits per heavy atom. The molecule has 2 heterocycles. The minimum Gasteiger partial charge on any atom is -0.465 e. The molecule has 0 radical (unpaired) electrons. The van der Waals surface area contributed by atoms with E-state index >= 15 is 0 Å². The number of rotatable bonds is 4. The van der Waals surface area contributed by atoms with Gasteiger partial charge in [-0.1, -0.05) is 18.2 Å². The number of alkyl halides is 3. The predicted octanol–water partition coefficient (Wildman–Crippen LogP) is 4.62. The number of nitrogens with zero attached hydrogens (tertiary/aromatic N) is 2. The number of likely N-dealkylation sites (tertiary alicyclic amines) is 1. The first-order valence-corrected chi connectivity index (χ1v) is 9.21. The molecular formula is C21H19F3N2O3. The van der Waals surface area contributed by atoms with Crippen molar-refractivity contribution in [2.24, 2.45) is 0 Å². The lowest BCUT2D eigenvalue weighted by molar-refractivity contribution is -0.137. The van der Waals surface area contributed by atoms with Crippen molar-refractivity contribution in [3.63, 3.8) is 0 Å². The molecule has 1 fully saturated rings. The van der Waals surface area contributed by atoms with Gasteiger partial charge in [-0.15, -0.1) is 0 Å². The number of hydrogen-bond acceptors (Lipinski definition) is 5. The Labute approximate surface area is 165 Å². The van der Waals surface area contributed by atoms with Crippen LogP contribution in [-0.4, -0.2) is 36.1 Å². The maximum absolute atomic E-state index is 12.7. The average Bonchev–Trinajstić information content (AvgIpc) is 3.33. The standard InChI is InChI=1S/C21H19F3N2O3/c1-28-20(27)16-3-2-4-17-18(16)29-19(25-17)14-9-10-26(12-14)11-13-5-7-15(8-6-13)21(22,23)24/h2-8,14H,9-12H2,1H3/t14-/m1/s1. The Kier molecular flexibility index (Phi) is 5.04. The molecule has 0 aliphatic carbocycles. The van der Waals surface area contributed by atoms with Gasteiger partial charge < -0.3 is 9.15 Å². The number of methoxy groups -OCH3 is 1. The van der Waals surface area contributed by atoms with E-state index < -0.39 is 17.7 Å². The number of aromatic nitrogens is 1. The molecule has 2 aromatic carbocycles. The summed E-state index contributed by atoms with van der Waals surface area (Å²) >= 11 is 0. The SMILES string of the molecule is COC(=O)c1cccc2nc([C@@H]3CCN(Cc4ccc(C(F)(F)F)cc4)C3)oc12.